The van der Waals surface area contributed by atoms with E-state index in [9.17, 15) is 4.79 Å². The summed E-state index contributed by atoms with van der Waals surface area (Å²) in [6.07, 6.45) is 4.74. The zero-order valence-corrected chi connectivity index (χ0v) is 12.1. The fourth-order valence-corrected chi connectivity index (χ4v) is 2.35. The molecule has 1 aromatic rings. The van der Waals surface area contributed by atoms with Gasteiger partial charge in [-0.15, -0.1) is 0 Å². The fourth-order valence-electron chi connectivity index (χ4n) is 2.35. The van der Waals surface area contributed by atoms with Crippen LogP contribution in [0.5, 0.6) is 0 Å². The Balaban J connectivity index is 2.19. The lowest BCUT2D eigenvalue weighted by Gasteiger charge is -2.28. The van der Waals surface area contributed by atoms with Crippen LogP contribution in [-0.2, 0) is 4.74 Å². The highest BCUT2D eigenvalue weighted by molar-refractivity contribution is 5.69. The van der Waals surface area contributed by atoms with Crippen molar-refractivity contribution in [2.75, 3.05) is 6.54 Å². The number of pyridine rings is 1. The van der Waals surface area contributed by atoms with Gasteiger partial charge in [0.2, 0.25) is 0 Å². The third kappa shape index (κ3) is 3.27. The Hall–Kier alpha value is -2.09. The summed E-state index contributed by atoms with van der Waals surface area (Å²) in [6.45, 7) is 6.24. The smallest absolute Gasteiger partial charge is 0.410 e. The summed E-state index contributed by atoms with van der Waals surface area (Å²) in [6, 6.07) is 3.82. The normalized spacial score (nSPS) is 18.7. The van der Waals surface area contributed by atoms with E-state index < -0.39 is 5.60 Å². The second-order valence-electron chi connectivity index (χ2n) is 5.95. The van der Waals surface area contributed by atoms with Gasteiger partial charge in [-0.1, -0.05) is 0 Å². The van der Waals surface area contributed by atoms with Gasteiger partial charge in [0, 0.05) is 18.9 Å². The van der Waals surface area contributed by atoms with Gasteiger partial charge in [-0.25, -0.2) is 4.79 Å². The highest BCUT2D eigenvalue weighted by Crippen LogP contribution is 2.33. The summed E-state index contributed by atoms with van der Waals surface area (Å²) < 4.78 is 5.43. The Labute approximate surface area is 119 Å². The lowest BCUT2D eigenvalue weighted by Crippen LogP contribution is -2.36. The molecule has 0 spiro atoms. The molecular weight excluding hydrogens is 254 g/mol. The van der Waals surface area contributed by atoms with E-state index >= 15 is 0 Å². The topological polar surface area (TPSA) is 66.2 Å². The molecule has 1 aliphatic heterocycles. The zero-order chi connectivity index (χ0) is 14.8. The summed E-state index contributed by atoms with van der Waals surface area (Å²) in [4.78, 5) is 18.0. The van der Waals surface area contributed by atoms with Gasteiger partial charge in [0.15, 0.2) is 0 Å². The van der Waals surface area contributed by atoms with Gasteiger partial charge in [0.25, 0.3) is 0 Å². The van der Waals surface area contributed by atoms with Crippen LogP contribution in [0.15, 0.2) is 18.5 Å². The molecule has 0 radical (unpaired) electrons. The average molecular weight is 273 g/mol. The van der Waals surface area contributed by atoms with Gasteiger partial charge >= 0.3 is 6.09 Å². The van der Waals surface area contributed by atoms with E-state index in [1.807, 2.05) is 20.8 Å². The van der Waals surface area contributed by atoms with Crippen molar-refractivity contribution < 1.29 is 9.53 Å². The number of hydrogen-bond acceptors (Lipinski definition) is 4. The van der Waals surface area contributed by atoms with Crippen LogP contribution in [0.4, 0.5) is 4.79 Å². The number of nitriles is 1. The third-order valence-corrected chi connectivity index (χ3v) is 3.15. The largest absolute Gasteiger partial charge is 0.444 e. The number of likely N-dealkylation sites (tertiary alicyclic amines) is 1. The van der Waals surface area contributed by atoms with E-state index in [4.69, 9.17) is 10.00 Å². The third-order valence-electron chi connectivity index (χ3n) is 3.15. The Morgan fingerprint density at radius 1 is 1.50 bits per heavy atom. The lowest BCUT2D eigenvalue weighted by atomic mass is 10.1. The molecule has 20 heavy (non-hydrogen) atoms. The zero-order valence-electron chi connectivity index (χ0n) is 12.1. The SMILES string of the molecule is CC(C)(C)OC(=O)N1CCCC1c1cncc(C#N)c1. The van der Waals surface area contributed by atoms with Crippen LogP contribution >= 0.6 is 0 Å². The number of aromatic nitrogens is 1. The molecule has 0 saturated carbocycles. The first-order valence-electron chi connectivity index (χ1n) is 6.75. The summed E-state index contributed by atoms with van der Waals surface area (Å²) in [7, 11) is 0. The Bertz CT molecular complexity index is 543. The van der Waals surface area contributed by atoms with Crippen LogP contribution < -0.4 is 0 Å². The molecule has 2 heterocycles. The molecular formula is C15H19N3O2. The number of hydrogen-bond donors (Lipinski definition) is 0. The van der Waals surface area contributed by atoms with Crippen LogP contribution in [0.1, 0.15) is 50.8 Å². The molecule has 1 aromatic heterocycles. The maximum Gasteiger partial charge on any atom is 0.410 e. The number of carbonyl (C=O) groups is 1. The second-order valence-corrected chi connectivity index (χ2v) is 5.95. The summed E-state index contributed by atoms with van der Waals surface area (Å²) in [5.74, 6) is 0. The quantitative estimate of drug-likeness (QED) is 0.788. The van der Waals surface area contributed by atoms with E-state index in [0.717, 1.165) is 18.4 Å². The number of carbonyl (C=O) groups excluding carboxylic acids is 1. The highest BCUT2D eigenvalue weighted by Gasteiger charge is 2.33. The van der Waals surface area contributed by atoms with Gasteiger partial charge in [-0.3, -0.25) is 4.98 Å². The highest BCUT2D eigenvalue weighted by atomic mass is 16.6. The van der Waals surface area contributed by atoms with Crippen molar-refractivity contribution in [2.24, 2.45) is 0 Å². The molecule has 0 N–H and O–H groups in total. The van der Waals surface area contributed by atoms with Crippen molar-refractivity contribution in [3.05, 3.63) is 29.6 Å². The Morgan fingerprint density at radius 2 is 2.25 bits per heavy atom. The van der Waals surface area contributed by atoms with Crippen LogP contribution in [0.25, 0.3) is 0 Å². The summed E-state index contributed by atoms with van der Waals surface area (Å²) in [5.41, 5.74) is 0.905. The van der Waals surface area contributed by atoms with Gasteiger partial charge < -0.3 is 9.64 Å². The molecule has 1 aliphatic rings. The van der Waals surface area contributed by atoms with Crippen LogP contribution in [0, 0.1) is 11.3 Å². The van der Waals surface area contributed by atoms with Crippen LogP contribution in [-0.4, -0.2) is 28.1 Å². The van der Waals surface area contributed by atoms with Crippen molar-refractivity contribution in [2.45, 2.75) is 45.3 Å². The lowest BCUT2D eigenvalue weighted by molar-refractivity contribution is 0.0224. The molecule has 1 saturated heterocycles. The maximum atomic E-state index is 12.2. The van der Waals surface area contributed by atoms with Crippen LogP contribution in [0.3, 0.4) is 0 Å². The first kappa shape index (κ1) is 14.3. The first-order valence-corrected chi connectivity index (χ1v) is 6.75. The standard InChI is InChI=1S/C15H19N3O2/c1-15(2,3)20-14(19)18-6-4-5-13(18)12-7-11(8-16)9-17-10-12/h7,9-10,13H,4-6H2,1-3H3. The summed E-state index contributed by atoms with van der Waals surface area (Å²) in [5, 5.41) is 8.94. The molecule has 1 unspecified atom stereocenters. The number of ether oxygens (including phenoxy) is 1. The molecule has 5 nitrogen and oxygen atoms in total. The van der Waals surface area contributed by atoms with Gasteiger partial charge in [0.05, 0.1) is 11.6 Å². The predicted octanol–water partition coefficient (Wildman–Crippen LogP) is 3.03. The van der Waals surface area contributed by atoms with E-state index in [0.29, 0.717) is 12.1 Å². The summed E-state index contributed by atoms with van der Waals surface area (Å²) >= 11 is 0. The van der Waals surface area contributed by atoms with Gasteiger partial charge in [-0.2, -0.15) is 5.26 Å². The Morgan fingerprint density at radius 3 is 2.90 bits per heavy atom. The number of rotatable bonds is 1. The van der Waals surface area contributed by atoms with E-state index in [-0.39, 0.29) is 12.1 Å². The van der Waals surface area contributed by atoms with Crippen molar-refractivity contribution in [1.29, 1.82) is 5.26 Å². The van der Waals surface area contributed by atoms with E-state index in [2.05, 4.69) is 11.1 Å². The van der Waals surface area contributed by atoms with E-state index in [1.54, 1.807) is 17.2 Å². The molecule has 0 aliphatic carbocycles. The van der Waals surface area contributed by atoms with Gasteiger partial charge in [0.1, 0.15) is 11.7 Å². The minimum Gasteiger partial charge on any atom is -0.444 e. The Kier molecular flexibility index (Phi) is 3.93. The van der Waals surface area contributed by atoms with Crippen molar-refractivity contribution in [3.63, 3.8) is 0 Å². The van der Waals surface area contributed by atoms with Crippen molar-refractivity contribution in [3.8, 4) is 6.07 Å². The fraction of sp³-hybridized carbons (Fsp3) is 0.533. The van der Waals surface area contributed by atoms with Crippen molar-refractivity contribution >= 4 is 6.09 Å². The first-order chi connectivity index (χ1) is 9.40. The van der Waals surface area contributed by atoms with Crippen LogP contribution in [0.2, 0.25) is 0 Å². The molecule has 0 aromatic carbocycles. The molecule has 1 atom stereocenters. The molecule has 0 bridgehead atoms. The average Bonchev–Trinajstić information content (AvgIpc) is 2.86. The number of amides is 1. The van der Waals surface area contributed by atoms with Gasteiger partial charge in [-0.05, 0) is 45.2 Å². The molecule has 1 amide bonds. The maximum absolute atomic E-state index is 12.2. The molecule has 106 valence electrons. The minimum atomic E-state index is -0.503. The molecule has 2 rings (SSSR count). The molecule has 1 fully saturated rings. The second kappa shape index (κ2) is 5.49. The monoisotopic (exact) mass is 273 g/mol. The predicted molar refractivity (Wildman–Crippen MR) is 73.9 cm³/mol. The molecule has 5 heteroatoms. The minimum absolute atomic E-state index is 0.0503. The van der Waals surface area contributed by atoms with E-state index in [1.165, 1.54) is 6.20 Å². The van der Waals surface area contributed by atoms with Crippen molar-refractivity contribution in [1.82, 2.24) is 9.88 Å². The number of nitrogens with zero attached hydrogens (tertiary/aromatic N) is 3.